The van der Waals surface area contributed by atoms with Crippen molar-refractivity contribution < 1.29 is 18.0 Å². The first kappa shape index (κ1) is 19.0. The Kier molecular flexibility index (Phi) is 5.23. The summed E-state index contributed by atoms with van der Waals surface area (Å²) >= 11 is 1.06. The van der Waals surface area contributed by atoms with E-state index in [0.29, 0.717) is 5.82 Å². The highest BCUT2D eigenvalue weighted by atomic mass is 32.2. The summed E-state index contributed by atoms with van der Waals surface area (Å²) in [4.78, 5) is 21.4. The number of aromatic nitrogens is 2. The number of halogens is 3. The average Bonchev–Trinajstić information content (AvgIpc) is 3.05. The van der Waals surface area contributed by atoms with Crippen LogP contribution in [0.4, 0.5) is 19.0 Å². The number of alkyl halides is 3. The number of amides is 1. The molecule has 10 heteroatoms. The predicted molar refractivity (Wildman–Crippen MR) is 92.8 cm³/mol. The molecule has 1 amide bonds. The van der Waals surface area contributed by atoms with Crippen molar-refractivity contribution in [1.82, 2.24) is 9.97 Å². The van der Waals surface area contributed by atoms with E-state index in [1.807, 2.05) is 6.07 Å². The van der Waals surface area contributed by atoms with Crippen molar-refractivity contribution in [3.63, 3.8) is 0 Å². The van der Waals surface area contributed by atoms with Crippen molar-refractivity contribution in [2.45, 2.75) is 28.8 Å². The van der Waals surface area contributed by atoms with Gasteiger partial charge in [-0.1, -0.05) is 12.1 Å². The second-order valence-electron chi connectivity index (χ2n) is 5.89. The summed E-state index contributed by atoms with van der Waals surface area (Å²) in [6.07, 6.45) is -2.80. The van der Waals surface area contributed by atoms with E-state index in [-0.39, 0.29) is 28.9 Å². The van der Waals surface area contributed by atoms with Crippen LogP contribution in [0.5, 0.6) is 0 Å². The Morgan fingerprint density at radius 3 is 2.74 bits per heavy atom. The summed E-state index contributed by atoms with van der Waals surface area (Å²) in [6.45, 7) is 0.270. The van der Waals surface area contributed by atoms with Gasteiger partial charge in [0.1, 0.15) is 17.9 Å². The number of nitrogens with two attached hydrogens (primary N) is 1. The molecular formula is C17H14F3N5OS. The molecule has 1 saturated heterocycles. The molecule has 1 aromatic heterocycles. The number of primary amides is 1. The highest BCUT2D eigenvalue weighted by Crippen LogP contribution is 2.41. The van der Waals surface area contributed by atoms with Crippen LogP contribution in [0.2, 0.25) is 0 Å². The van der Waals surface area contributed by atoms with Crippen molar-refractivity contribution in [1.29, 1.82) is 5.26 Å². The summed E-state index contributed by atoms with van der Waals surface area (Å²) < 4.78 is 39.6. The number of nitriles is 1. The van der Waals surface area contributed by atoms with Crippen LogP contribution < -0.4 is 10.6 Å². The molecule has 140 valence electrons. The van der Waals surface area contributed by atoms with Crippen LogP contribution in [0, 0.1) is 11.3 Å². The van der Waals surface area contributed by atoms with Crippen molar-refractivity contribution in [3.05, 3.63) is 47.9 Å². The van der Waals surface area contributed by atoms with E-state index >= 15 is 0 Å². The van der Waals surface area contributed by atoms with Crippen LogP contribution in [0.25, 0.3) is 0 Å². The fraction of sp³-hybridized carbons (Fsp3) is 0.294. The molecule has 2 atom stereocenters. The summed E-state index contributed by atoms with van der Waals surface area (Å²) in [5.74, 6) is -0.314. The van der Waals surface area contributed by atoms with Crippen molar-refractivity contribution in [3.8, 4) is 6.07 Å². The molecule has 27 heavy (non-hydrogen) atoms. The molecule has 1 aromatic carbocycles. The molecule has 0 radical (unpaired) electrons. The largest absolute Gasteiger partial charge is 0.417 e. The normalized spacial score (nSPS) is 19.7. The third-order valence-corrected chi connectivity index (χ3v) is 5.40. The van der Waals surface area contributed by atoms with Crippen LogP contribution in [0.15, 0.2) is 41.4 Å². The maximum absolute atomic E-state index is 13.2. The van der Waals surface area contributed by atoms with Gasteiger partial charge in [0.25, 0.3) is 0 Å². The van der Waals surface area contributed by atoms with Gasteiger partial charge in [0, 0.05) is 22.9 Å². The maximum atomic E-state index is 13.2. The van der Waals surface area contributed by atoms with E-state index in [2.05, 4.69) is 9.97 Å². The van der Waals surface area contributed by atoms with Crippen molar-refractivity contribution in [2.75, 3.05) is 11.4 Å². The predicted octanol–water partition coefficient (Wildman–Crippen LogP) is 2.59. The smallest absolute Gasteiger partial charge is 0.368 e. The van der Waals surface area contributed by atoms with Gasteiger partial charge in [-0.2, -0.15) is 18.4 Å². The fourth-order valence-electron chi connectivity index (χ4n) is 2.95. The number of nitrogens with zero attached hydrogens (tertiary/aromatic N) is 4. The van der Waals surface area contributed by atoms with Crippen LogP contribution in [-0.2, 0) is 11.0 Å². The number of thioether (sulfide) groups is 1. The second-order valence-corrected chi connectivity index (χ2v) is 7.23. The van der Waals surface area contributed by atoms with E-state index in [1.54, 1.807) is 11.0 Å². The number of rotatable bonds is 4. The highest BCUT2D eigenvalue weighted by molar-refractivity contribution is 8.00. The zero-order valence-corrected chi connectivity index (χ0v) is 14.7. The molecule has 0 aliphatic carbocycles. The van der Waals surface area contributed by atoms with Crippen LogP contribution in [-0.4, -0.2) is 33.7 Å². The molecule has 0 saturated carbocycles. The molecule has 0 spiro atoms. The molecule has 3 rings (SSSR count). The molecule has 1 aliphatic rings. The van der Waals surface area contributed by atoms with Gasteiger partial charge in [0.15, 0.2) is 0 Å². The second kappa shape index (κ2) is 7.44. The number of hydrogen-bond acceptors (Lipinski definition) is 6. The Balaban J connectivity index is 1.86. The summed E-state index contributed by atoms with van der Waals surface area (Å²) in [5.41, 5.74) is 4.76. The van der Waals surface area contributed by atoms with Gasteiger partial charge in [-0.05, 0) is 24.6 Å². The molecule has 0 bridgehead atoms. The Hall–Kier alpha value is -2.80. The Morgan fingerprint density at radius 2 is 2.07 bits per heavy atom. The van der Waals surface area contributed by atoms with Crippen molar-refractivity contribution in [2.24, 2.45) is 5.73 Å². The molecule has 2 heterocycles. The van der Waals surface area contributed by atoms with Gasteiger partial charge in [0.2, 0.25) is 11.7 Å². The molecule has 1 aliphatic heterocycles. The molecule has 6 nitrogen and oxygen atoms in total. The number of benzene rings is 1. The van der Waals surface area contributed by atoms with Crippen LogP contribution in [0.3, 0.4) is 0 Å². The lowest BCUT2D eigenvalue weighted by molar-refractivity contribution is -0.139. The first-order valence-corrected chi connectivity index (χ1v) is 8.79. The number of hydrogen-bond donors (Lipinski definition) is 1. The van der Waals surface area contributed by atoms with Crippen LogP contribution in [0.1, 0.15) is 17.8 Å². The van der Waals surface area contributed by atoms with E-state index in [4.69, 9.17) is 11.0 Å². The van der Waals surface area contributed by atoms with Crippen molar-refractivity contribution >= 4 is 23.5 Å². The topological polar surface area (TPSA) is 95.9 Å². The number of carbonyl (C=O) groups is 1. The van der Waals surface area contributed by atoms with Crippen LogP contribution >= 0.6 is 11.8 Å². The Labute approximate surface area is 157 Å². The molecular weight excluding hydrogens is 379 g/mol. The lowest BCUT2D eigenvalue weighted by Gasteiger charge is -2.22. The van der Waals surface area contributed by atoms with Gasteiger partial charge in [-0.25, -0.2) is 9.97 Å². The van der Waals surface area contributed by atoms with E-state index in [1.165, 1.54) is 24.4 Å². The zero-order valence-electron chi connectivity index (χ0n) is 13.8. The first-order chi connectivity index (χ1) is 12.8. The lowest BCUT2D eigenvalue weighted by atomic mass is 10.2. The Bertz CT molecular complexity index is 899. The first-order valence-electron chi connectivity index (χ1n) is 7.91. The Morgan fingerprint density at radius 1 is 1.33 bits per heavy atom. The third-order valence-electron chi connectivity index (χ3n) is 4.11. The monoisotopic (exact) mass is 393 g/mol. The summed E-state index contributed by atoms with van der Waals surface area (Å²) in [7, 11) is 0. The van der Waals surface area contributed by atoms with Gasteiger partial charge in [-0.3, -0.25) is 4.79 Å². The fourth-order valence-corrected chi connectivity index (χ4v) is 4.29. The summed E-state index contributed by atoms with van der Waals surface area (Å²) in [6, 6.07) is 7.95. The maximum Gasteiger partial charge on any atom is 0.417 e. The third kappa shape index (κ3) is 4.14. The summed E-state index contributed by atoms with van der Waals surface area (Å²) in [5, 5.41) is 8.64. The zero-order chi connectivity index (χ0) is 19.6. The van der Waals surface area contributed by atoms with Gasteiger partial charge in [0.05, 0.1) is 5.56 Å². The van der Waals surface area contributed by atoms with E-state index < -0.39 is 23.7 Å². The average molecular weight is 393 g/mol. The quantitative estimate of drug-likeness (QED) is 0.858. The van der Waals surface area contributed by atoms with E-state index in [9.17, 15) is 18.0 Å². The minimum absolute atomic E-state index is 0.0609. The minimum Gasteiger partial charge on any atom is -0.368 e. The van der Waals surface area contributed by atoms with Gasteiger partial charge < -0.3 is 10.6 Å². The molecule has 2 aromatic rings. The van der Waals surface area contributed by atoms with E-state index in [0.717, 1.165) is 17.8 Å². The minimum atomic E-state index is -4.46. The molecule has 1 fully saturated rings. The highest BCUT2D eigenvalue weighted by Gasteiger charge is 2.39. The molecule has 2 unspecified atom stereocenters. The number of carbonyl (C=O) groups excluding carboxylic acids is 1. The van der Waals surface area contributed by atoms with Gasteiger partial charge in [-0.15, -0.1) is 11.8 Å². The lowest BCUT2D eigenvalue weighted by Crippen LogP contribution is -2.40. The standard InChI is InChI=1S/C17H14F3N5OS/c18-17(19,20)11-3-1-2-4-13(11)27-10-7-12(16(22)26)25(9-10)15-5-6-23-14(8-21)24-15/h1-6,10,12H,7,9H2,(H2,22,26). The number of anilines is 1. The molecule has 2 N–H and O–H groups in total. The van der Waals surface area contributed by atoms with Gasteiger partial charge >= 0.3 is 6.18 Å². The SMILES string of the molecule is N#Cc1nccc(N2CC(Sc3ccccc3C(F)(F)F)CC2C(N)=O)n1.